The van der Waals surface area contributed by atoms with Crippen LogP contribution < -0.4 is 4.74 Å². The van der Waals surface area contributed by atoms with Crippen LogP contribution in [0.15, 0.2) is 18.3 Å². The first-order valence-corrected chi connectivity index (χ1v) is 6.92. The van der Waals surface area contributed by atoms with Crippen molar-refractivity contribution in [3.8, 4) is 5.88 Å². The van der Waals surface area contributed by atoms with Crippen molar-refractivity contribution in [3.63, 3.8) is 0 Å². The molecule has 17 heavy (non-hydrogen) atoms. The molecule has 1 aliphatic rings. The van der Waals surface area contributed by atoms with Crippen LogP contribution in [0.1, 0.15) is 57.4 Å². The Hall–Kier alpha value is -1.05. The maximum atomic E-state index is 5.66. The van der Waals surface area contributed by atoms with Crippen LogP contribution in [0.5, 0.6) is 5.88 Å². The van der Waals surface area contributed by atoms with Gasteiger partial charge in [-0.15, -0.1) is 0 Å². The second-order valence-electron chi connectivity index (χ2n) is 5.00. The van der Waals surface area contributed by atoms with Gasteiger partial charge in [-0.1, -0.05) is 32.3 Å². The van der Waals surface area contributed by atoms with Crippen molar-refractivity contribution in [1.82, 2.24) is 4.98 Å². The van der Waals surface area contributed by atoms with Crippen LogP contribution in [-0.2, 0) is 0 Å². The molecule has 94 valence electrons. The van der Waals surface area contributed by atoms with E-state index < -0.39 is 0 Å². The first kappa shape index (κ1) is 12.4. The average Bonchev–Trinajstić information content (AvgIpc) is 3.14. The third kappa shape index (κ3) is 3.45. The van der Waals surface area contributed by atoms with Crippen LogP contribution in [0.2, 0.25) is 0 Å². The summed E-state index contributed by atoms with van der Waals surface area (Å²) in [6.45, 7) is 4.98. The third-order valence-corrected chi connectivity index (χ3v) is 3.47. The van der Waals surface area contributed by atoms with Crippen molar-refractivity contribution >= 4 is 0 Å². The molecule has 0 N–H and O–H groups in total. The zero-order valence-electron chi connectivity index (χ0n) is 11.0. The number of ether oxygens (including phenoxy) is 1. The normalized spacial score (nSPS) is 16.8. The lowest BCUT2D eigenvalue weighted by atomic mass is 9.90. The van der Waals surface area contributed by atoms with Gasteiger partial charge < -0.3 is 4.74 Å². The van der Waals surface area contributed by atoms with Gasteiger partial charge in [0, 0.05) is 11.8 Å². The van der Waals surface area contributed by atoms with Crippen LogP contribution in [-0.4, -0.2) is 11.6 Å². The Morgan fingerprint density at radius 1 is 1.41 bits per heavy atom. The molecule has 1 aromatic heterocycles. The number of pyridine rings is 1. The molecule has 1 heterocycles. The lowest BCUT2D eigenvalue weighted by Crippen LogP contribution is -2.05. The maximum absolute atomic E-state index is 5.66. The van der Waals surface area contributed by atoms with Crippen molar-refractivity contribution in [2.24, 2.45) is 5.92 Å². The van der Waals surface area contributed by atoms with Gasteiger partial charge in [-0.2, -0.15) is 0 Å². The van der Waals surface area contributed by atoms with Gasteiger partial charge in [0.25, 0.3) is 0 Å². The van der Waals surface area contributed by atoms with E-state index in [-0.39, 0.29) is 0 Å². The number of hydrogen-bond acceptors (Lipinski definition) is 2. The SMILES string of the molecule is CCCC(CC1CC1)c1cccnc1OCC. The highest BCUT2D eigenvalue weighted by Crippen LogP contribution is 2.42. The Bertz CT molecular complexity index is 347. The van der Waals surface area contributed by atoms with E-state index in [1.807, 2.05) is 19.2 Å². The molecule has 0 aromatic carbocycles. The van der Waals surface area contributed by atoms with Crippen LogP contribution in [0, 0.1) is 5.92 Å². The van der Waals surface area contributed by atoms with E-state index in [1.165, 1.54) is 37.7 Å². The molecule has 1 aromatic rings. The predicted octanol–water partition coefficient (Wildman–Crippen LogP) is 4.16. The Balaban J connectivity index is 2.14. The summed E-state index contributed by atoms with van der Waals surface area (Å²) >= 11 is 0. The average molecular weight is 233 g/mol. The lowest BCUT2D eigenvalue weighted by molar-refractivity contribution is 0.318. The van der Waals surface area contributed by atoms with Crippen molar-refractivity contribution in [2.45, 2.75) is 51.9 Å². The molecule has 2 heteroatoms. The summed E-state index contributed by atoms with van der Waals surface area (Å²) in [7, 11) is 0. The molecule has 0 spiro atoms. The minimum atomic E-state index is 0.641. The van der Waals surface area contributed by atoms with Crippen molar-refractivity contribution in [3.05, 3.63) is 23.9 Å². The summed E-state index contributed by atoms with van der Waals surface area (Å²) in [6.07, 6.45) is 8.48. The van der Waals surface area contributed by atoms with E-state index in [9.17, 15) is 0 Å². The first-order chi connectivity index (χ1) is 8.35. The maximum Gasteiger partial charge on any atom is 0.216 e. The number of aromatic nitrogens is 1. The monoisotopic (exact) mass is 233 g/mol. The van der Waals surface area contributed by atoms with Gasteiger partial charge in [-0.05, 0) is 37.7 Å². The van der Waals surface area contributed by atoms with E-state index in [0.29, 0.717) is 12.5 Å². The van der Waals surface area contributed by atoms with E-state index in [0.717, 1.165) is 11.8 Å². The number of rotatable bonds is 7. The van der Waals surface area contributed by atoms with Crippen LogP contribution >= 0.6 is 0 Å². The summed E-state index contributed by atoms with van der Waals surface area (Å²) in [6, 6.07) is 4.23. The van der Waals surface area contributed by atoms with E-state index in [1.54, 1.807) is 0 Å². The topological polar surface area (TPSA) is 22.1 Å². The summed E-state index contributed by atoms with van der Waals surface area (Å²) < 4.78 is 5.66. The highest BCUT2D eigenvalue weighted by molar-refractivity contribution is 5.29. The van der Waals surface area contributed by atoms with Gasteiger partial charge in [-0.3, -0.25) is 0 Å². The molecule has 1 atom stereocenters. The van der Waals surface area contributed by atoms with Crippen LogP contribution in [0.4, 0.5) is 0 Å². The van der Waals surface area contributed by atoms with Gasteiger partial charge in [0.05, 0.1) is 6.61 Å². The summed E-state index contributed by atoms with van der Waals surface area (Å²) in [5, 5.41) is 0. The minimum absolute atomic E-state index is 0.641. The number of nitrogens with zero attached hydrogens (tertiary/aromatic N) is 1. The lowest BCUT2D eigenvalue weighted by Gasteiger charge is -2.18. The second kappa shape index (κ2) is 6.04. The Kier molecular flexibility index (Phi) is 4.41. The quantitative estimate of drug-likeness (QED) is 0.705. The molecule has 1 fully saturated rings. The fourth-order valence-corrected chi connectivity index (χ4v) is 2.48. The molecule has 0 bridgehead atoms. The largest absolute Gasteiger partial charge is 0.478 e. The van der Waals surface area contributed by atoms with Gasteiger partial charge in [-0.25, -0.2) is 4.98 Å². The fraction of sp³-hybridized carbons (Fsp3) is 0.667. The Morgan fingerprint density at radius 3 is 2.88 bits per heavy atom. The van der Waals surface area contributed by atoms with Crippen LogP contribution in [0.3, 0.4) is 0 Å². The van der Waals surface area contributed by atoms with Gasteiger partial charge >= 0.3 is 0 Å². The Labute approximate surface area is 104 Å². The summed E-state index contributed by atoms with van der Waals surface area (Å²) in [5.74, 6) is 2.46. The molecule has 2 rings (SSSR count). The zero-order valence-corrected chi connectivity index (χ0v) is 11.0. The van der Waals surface area contributed by atoms with Gasteiger partial charge in [0.1, 0.15) is 0 Å². The van der Waals surface area contributed by atoms with E-state index >= 15 is 0 Å². The molecule has 0 radical (unpaired) electrons. The highest BCUT2D eigenvalue weighted by atomic mass is 16.5. The molecular formula is C15H23NO. The number of hydrogen-bond donors (Lipinski definition) is 0. The predicted molar refractivity (Wildman–Crippen MR) is 70.4 cm³/mol. The molecule has 0 amide bonds. The molecule has 0 aliphatic heterocycles. The molecule has 1 saturated carbocycles. The molecule has 2 nitrogen and oxygen atoms in total. The molecule has 1 unspecified atom stereocenters. The standard InChI is InChI=1S/C15H23NO/c1-3-6-13(11-12-8-9-12)14-7-5-10-16-15(14)17-4-2/h5,7,10,12-13H,3-4,6,8-9,11H2,1-2H3. The smallest absolute Gasteiger partial charge is 0.216 e. The molecule has 0 saturated heterocycles. The summed E-state index contributed by atoms with van der Waals surface area (Å²) in [4.78, 5) is 4.38. The van der Waals surface area contributed by atoms with Gasteiger partial charge in [0.2, 0.25) is 5.88 Å². The highest BCUT2D eigenvalue weighted by Gasteiger charge is 2.27. The first-order valence-electron chi connectivity index (χ1n) is 6.92. The van der Waals surface area contributed by atoms with Crippen molar-refractivity contribution in [1.29, 1.82) is 0 Å². The fourth-order valence-electron chi connectivity index (χ4n) is 2.48. The van der Waals surface area contributed by atoms with Crippen LogP contribution in [0.25, 0.3) is 0 Å². The second-order valence-corrected chi connectivity index (χ2v) is 5.00. The minimum Gasteiger partial charge on any atom is -0.478 e. The third-order valence-electron chi connectivity index (χ3n) is 3.47. The Morgan fingerprint density at radius 2 is 2.24 bits per heavy atom. The van der Waals surface area contributed by atoms with E-state index in [4.69, 9.17) is 4.74 Å². The van der Waals surface area contributed by atoms with E-state index in [2.05, 4.69) is 18.0 Å². The van der Waals surface area contributed by atoms with Gasteiger partial charge in [0.15, 0.2) is 0 Å². The zero-order chi connectivity index (χ0) is 12.1. The van der Waals surface area contributed by atoms with Crippen molar-refractivity contribution in [2.75, 3.05) is 6.61 Å². The summed E-state index contributed by atoms with van der Waals surface area (Å²) in [5.41, 5.74) is 1.32. The molecule has 1 aliphatic carbocycles. The molecular weight excluding hydrogens is 210 g/mol. The van der Waals surface area contributed by atoms with Crippen molar-refractivity contribution < 1.29 is 4.74 Å².